The van der Waals surface area contributed by atoms with Gasteiger partial charge in [-0.3, -0.25) is 0 Å². The van der Waals surface area contributed by atoms with Crippen LogP contribution < -0.4 is 0 Å². The molecule has 0 fully saturated rings. The highest BCUT2D eigenvalue weighted by Gasteiger charge is 2.20. The summed E-state index contributed by atoms with van der Waals surface area (Å²) in [5, 5.41) is 10.3. The third kappa shape index (κ3) is 5.83. The average Bonchev–Trinajstić information content (AvgIpc) is 2.20. The van der Waals surface area contributed by atoms with Crippen molar-refractivity contribution in [3.63, 3.8) is 0 Å². The van der Waals surface area contributed by atoms with Crippen LogP contribution in [0.15, 0.2) is 24.3 Å². The Bertz CT molecular complexity index is 327. The molecule has 0 aliphatic rings. The molecule has 1 aromatic rings. The molecule has 1 atom stereocenters. The van der Waals surface area contributed by atoms with Crippen molar-refractivity contribution >= 4 is 0 Å². The van der Waals surface area contributed by atoms with Crippen molar-refractivity contribution in [3.05, 3.63) is 35.6 Å². The molecule has 96 valence electrons. The van der Waals surface area contributed by atoms with E-state index in [9.17, 15) is 9.50 Å². The molecule has 0 saturated carbocycles. The van der Waals surface area contributed by atoms with Crippen LogP contribution in [0.5, 0.6) is 0 Å². The molecule has 1 N–H and O–H groups in total. The Kier molecular flexibility index (Phi) is 5.13. The molecular formula is C15H23FO. The molecule has 0 aliphatic carbocycles. The van der Waals surface area contributed by atoms with E-state index in [2.05, 4.69) is 13.8 Å². The minimum absolute atomic E-state index is 0.229. The summed E-state index contributed by atoms with van der Waals surface area (Å²) in [7, 11) is 0. The zero-order valence-electron chi connectivity index (χ0n) is 11.0. The van der Waals surface area contributed by atoms with Crippen molar-refractivity contribution in [3.8, 4) is 0 Å². The first-order chi connectivity index (χ1) is 7.89. The van der Waals surface area contributed by atoms with Gasteiger partial charge >= 0.3 is 0 Å². The largest absolute Gasteiger partial charge is 0.390 e. The first kappa shape index (κ1) is 14.2. The Morgan fingerprint density at radius 1 is 1.24 bits per heavy atom. The van der Waals surface area contributed by atoms with Crippen LogP contribution in [0.2, 0.25) is 0 Å². The van der Waals surface area contributed by atoms with Gasteiger partial charge < -0.3 is 5.11 Å². The van der Waals surface area contributed by atoms with Crippen molar-refractivity contribution in [2.24, 2.45) is 5.92 Å². The van der Waals surface area contributed by atoms with Crippen LogP contribution in [0, 0.1) is 11.7 Å². The number of aliphatic hydroxyl groups is 1. The van der Waals surface area contributed by atoms with Crippen molar-refractivity contribution in [1.29, 1.82) is 0 Å². The van der Waals surface area contributed by atoms with Crippen molar-refractivity contribution in [2.45, 2.75) is 52.1 Å². The van der Waals surface area contributed by atoms with Gasteiger partial charge in [-0.05, 0) is 37.0 Å². The second-order valence-corrected chi connectivity index (χ2v) is 5.59. The monoisotopic (exact) mass is 238 g/mol. The van der Waals surface area contributed by atoms with Crippen LogP contribution in [0.25, 0.3) is 0 Å². The minimum atomic E-state index is -0.688. The molecule has 0 radical (unpaired) electrons. The summed E-state index contributed by atoms with van der Waals surface area (Å²) in [6.45, 7) is 6.24. The van der Waals surface area contributed by atoms with E-state index in [1.165, 1.54) is 12.1 Å². The Morgan fingerprint density at radius 2 is 1.82 bits per heavy atom. The van der Waals surface area contributed by atoms with Crippen LogP contribution in [-0.2, 0) is 6.42 Å². The smallest absolute Gasteiger partial charge is 0.123 e. The standard InChI is InChI=1S/C15H23FO/c1-12(2)5-4-10-15(3,17)11-13-6-8-14(16)9-7-13/h6-9,12,17H,4-5,10-11H2,1-3H3. The van der Waals surface area contributed by atoms with E-state index in [4.69, 9.17) is 0 Å². The summed E-state index contributed by atoms with van der Waals surface area (Å²) < 4.78 is 12.7. The number of benzene rings is 1. The van der Waals surface area contributed by atoms with Crippen LogP contribution in [-0.4, -0.2) is 10.7 Å². The molecule has 0 bridgehead atoms. The molecule has 0 spiro atoms. The van der Waals surface area contributed by atoms with Gasteiger partial charge in [0, 0.05) is 6.42 Å². The van der Waals surface area contributed by atoms with Crippen molar-refractivity contribution in [1.82, 2.24) is 0 Å². The van der Waals surface area contributed by atoms with E-state index >= 15 is 0 Å². The topological polar surface area (TPSA) is 20.2 Å². The van der Waals surface area contributed by atoms with Gasteiger partial charge in [0.05, 0.1) is 5.60 Å². The van der Waals surface area contributed by atoms with Gasteiger partial charge in [-0.25, -0.2) is 4.39 Å². The molecule has 0 aliphatic heterocycles. The van der Waals surface area contributed by atoms with E-state index in [1.807, 2.05) is 6.92 Å². The summed E-state index contributed by atoms with van der Waals surface area (Å²) in [4.78, 5) is 0. The molecule has 17 heavy (non-hydrogen) atoms. The Balaban J connectivity index is 2.45. The summed E-state index contributed by atoms with van der Waals surface area (Å²) in [5.74, 6) is 0.449. The van der Waals surface area contributed by atoms with E-state index in [1.54, 1.807) is 12.1 Å². The summed E-state index contributed by atoms with van der Waals surface area (Å²) in [5.41, 5.74) is 0.299. The zero-order valence-corrected chi connectivity index (χ0v) is 11.0. The maximum absolute atomic E-state index is 12.7. The van der Waals surface area contributed by atoms with Crippen molar-refractivity contribution < 1.29 is 9.50 Å². The molecule has 0 aromatic heterocycles. The summed E-state index contributed by atoms with van der Waals surface area (Å²) >= 11 is 0. The van der Waals surface area contributed by atoms with Crippen LogP contribution in [0.1, 0.15) is 45.6 Å². The van der Waals surface area contributed by atoms with Gasteiger partial charge in [-0.2, -0.15) is 0 Å². The zero-order chi connectivity index (χ0) is 12.9. The number of hydrogen-bond donors (Lipinski definition) is 1. The first-order valence-corrected chi connectivity index (χ1v) is 6.36. The molecule has 1 nitrogen and oxygen atoms in total. The number of hydrogen-bond acceptors (Lipinski definition) is 1. The van der Waals surface area contributed by atoms with E-state index in [0.29, 0.717) is 12.3 Å². The molecule has 0 heterocycles. The van der Waals surface area contributed by atoms with Gasteiger partial charge in [0.2, 0.25) is 0 Å². The van der Waals surface area contributed by atoms with Gasteiger partial charge in [0.1, 0.15) is 5.82 Å². The van der Waals surface area contributed by atoms with Crippen molar-refractivity contribution in [2.75, 3.05) is 0 Å². The van der Waals surface area contributed by atoms with Gasteiger partial charge in [0.25, 0.3) is 0 Å². The molecule has 0 amide bonds. The van der Waals surface area contributed by atoms with E-state index < -0.39 is 5.60 Å². The molecule has 2 heteroatoms. The average molecular weight is 238 g/mol. The molecule has 1 rings (SSSR count). The minimum Gasteiger partial charge on any atom is -0.390 e. The highest BCUT2D eigenvalue weighted by molar-refractivity contribution is 5.17. The SMILES string of the molecule is CC(C)CCCC(C)(O)Cc1ccc(F)cc1. The third-order valence-electron chi connectivity index (χ3n) is 3.00. The molecule has 1 unspecified atom stereocenters. The highest BCUT2D eigenvalue weighted by Crippen LogP contribution is 2.21. The van der Waals surface area contributed by atoms with E-state index in [0.717, 1.165) is 24.8 Å². The fraction of sp³-hybridized carbons (Fsp3) is 0.600. The predicted octanol–water partition coefficient (Wildman–Crippen LogP) is 3.95. The second-order valence-electron chi connectivity index (χ2n) is 5.59. The van der Waals surface area contributed by atoms with E-state index in [-0.39, 0.29) is 5.82 Å². The maximum Gasteiger partial charge on any atom is 0.123 e. The second kappa shape index (κ2) is 6.15. The first-order valence-electron chi connectivity index (χ1n) is 6.36. The Labute approximate surface area is 104 Å². The third-order valence-corrected chi connectivity index (χ3v) is 3.00. The Hall–Kier alpha value is -0.890. The lowest BCUT2D eigenvalue weighted by atomic mass is 9.90. The van der Waals surface area contributed by atoms with Crippen LogP contribution in [0.3, 0.4) is 0 Å². The molecule has 0 saturated heterocycles. The molecule has 1 aromatic carbocycles. The lowest BCUT2D eigenvalue weighted by Gasteiger charge is -2.23. The van der Waals surface area contributed by atoms with Gasteiger partial charge in [-0.1, -0.05) is 38.8 Å². The fourth-order valence-electron chi connectivity index (χ4n) is 2.02. The highest BCUT2D eigenvalue weighted by atomic mass is 19.1. The van der Waals surface area contributed by atoms with Gasteiger partial charge in [-0.15, -0.1) is 0 Å². The predicted molar refractivity (Wildman–Crippen MR) is 69.4 cm³/mol. The summed E-state index contributed by atoms with van der Waals surface area (Å²) in [6.07, 6.45) is 3.55. The quantitative estimate of drug-likeness (QED) is 0.795. The Morgan fingerprint density at radius 3 is 2.35 bits per heavy atom. The number of rotatable bonds is 6. The lowest BCUT2D eigenvalue weighted by Crippen LogP contribution is -2.27. The normalized spacial score (nSPS) is 14.9. The number of halogens is 1. The fourth-order valence-corrected chi connectivity index (χ4v) is 2.02. The maximum atomic E-state index is 12.7. The molecular weight excluding hydrogens is 215 g/mol. The van der Waals surface area contributed by atoms with Crippen LogP contribution in [0.4, 0.5) is 4.39 Å². The van der Waals surface area contributed by atoms with Gasteiger partial charge in [0.15, 0.2) is 0 Å². The summed E-state index contributed by atoms with van der Waals surface area (Å²) in [6, 6.07) is 6.37. The van der Waals surface area contributed by atoms with Crippen LogP contribution >= 0.6 is 0 Å². The lowest BCUT2D eigenvalue weighted by molar-refractivity contribution is 0.0477.